The average Bonchev–Trinajstić information content (AvgIpc) is 2.29. The quantitative estimate of drug-likeness (QED) is 0.903. The summed E-state index contributed by atoms with van der Waals surface area (Å²) in [6.45, 7) is 0. The van der Waals surface area contributed by atoms with E-state index in [4.69, 9.17) is 28.5 Å². The van der Waals surface area contributed by atoms with Crippen LogP contribution in [0.5, 0.6) is 0 Å². The number of hydrogen-bond donors (Lipinski definition) is 1. The number of benzene rings is 1. The predicted molar refractivity (Wildman–Crippen MR) is 66.5 cm³/mol. The highest BCUT2D eigenvalue weighted by Gasteiger charge is 2.04. The normalized spacial score (nSPS) is 9.71. The number of nitriles is 1. The van der Waals surface area contributed by atoms with Gasteiger partial charge in [0.15, 0.2) is 5.82 Å². The van der Waals surface area contributed by atoms with Gasteiger partial charge < -0.3 is 5.32 Å². The Kier molecular flexibility index (Phi) is 3.43. The number of aromatic nitrogens is 2. The monoisotopic (exact) mass is 264 g/mol. The van der Waals surface area contributed by atoms with Crippen molar-refractivity contribution < 1.29 is 0 Å². The second-order valence-electron chi connectivity index (χ2n) is 3.15. The summed E-state index contributed by atoms with van der Waals surface area (Å²) in [7, 11) is 0. The van der Waals surface area contributed by atoms with Crippen LogP contribution in [0.4, 0.5) is 11.5 Å². The lowest BCUT2D eigenvalue weighted by atomic mass is 10.2. The fourth-order valence-electron chi connectivity index (χ4n) is 1.26. The summed E-state index contributed by atoms with van der Waals surface area (Å²) in [4.78, 5) is 7.90. The third kappa shape index (κ3) is 2.84. The van der Waals surface area contributed by atoms with Gasteiger partial charge in [-0.25, -0.2) is 4.98 Å². The Balaban J connectivity index is 2.36. The predicted octanol–water partition coefficient (Wildman–Crippen LogP) is 3.40. The summed E-state index contributed by atoms with van der Waals surface area (Å²) in [5.41, 5.74) is 1.03. The van der Waals surface area contributed by atoms with Crippen molar-refractivity contribution in [2.24, 2.45) is 0 Å². The molecule has 6 heteroatoms. The lowest BCUT2D eigenvalue weighted by molar-refractivity contribution is 1.20. The first kappa shape index (κ1) is 11.6. The minimum Gasteiger partial charge on any atom is -0.338 e. The molecule has 0 unspecified atom stereocenters. The van der Waals surface area contributed by atoms with E-state index in [2.05, 4.69) is 21.4 Å². The van der Waals surface area contributed by atoms with E-state index in [-0.39, 0.29) is 5.15 Å². The minimum absolute atomic E-state index is 0.274. The first-order valence-electron chi connectivity index (χ1n) is 4.63. The fourth-order valence-corrected chi connectivity index (χ4v) is 1.58. The molecule has 0 bridgehead atoms. The molecule has 0 aliphatic heterocycles. The van der Waals surface area contributed by atoms with Crippen LogP contribution >= 0.6 is 23.2 Å². The second kappa shape index (κ2) is 5.00. The van der Waals surface area contributed by atoms with E-state index in [1.54, 1.807) is 18.2 Å². The molecule has 84 valence electrons. The summed E-state index contributed by atoms with van der Waals surface area (Å²) in [6.07, 6.45) is 2.93. The molecule has 0 saturated heterocycles. The molecular formula is C11H6Cl2N4. The Morgan fingerprint density at radius 2 is 2.06 bits per heavy atom. The molecular weight excluding hydrogens is 259 g/mol. The zero-order valence-electron chi connectivity index (χ0n) is 8.48. The third-order valence-corrected chi connectivity index (χ3v) is 2.39. The number of rotatable bonds is 2. The van der Waals surface area contributed by atoms with Gasteiger partial charge in [0.2, 0.25) is 0 Å². The molecule has 1 aromatic heterocycles. The first-order chi connectivity index (χ1) is 8.19. The SMILES string of the molecule is N#Cc1ccc(Cl)cc1Nc1cncc(Cl)n1. The standard InChI is InChI=1S/C11H6Cl2N4/c12-8-2-1-7(4-14)9(3-8)16-11-6-15-5-10(13)17-11/h1-3,5-6H,(H,16,17). The Morgan fingerprint density at radius 1 is 1.24 bits per heavy atom. The molecule has 1 aromatic carbocycles. The van der Waals surface area contributed by atoms with Crippen LogP contribution in [0.3, 0.4) is 0 Å². The molecule has 1 N–H and O–H groups in total. The molecule has 0 saturated carbocycles. The molecule has 0 fully saturated rings. The molecule has 0 aliphatic rings. The molecule has 0 radical (unpaired) electrons. The van der Waals surface area contributed by atoms with Crippen molar-refractivity contribution >= 4 is 34.7 Å². The summed E-state index contributed by atoms with van der Waals surface area (Å²) in [5, 5.41) is 12.7. The van der Waals surface area contributed by atoms with Crippen LogP contribution in [0, 0.1) is 11.3 Å². The van der Waals surface area contributed by atoms with Gasteiger partial charge in [-0.1, -0.05) is 23.2 Å². The fraction of sp³-hybridized carbons (Fsp3) is 0. The first-order valence-corrected chi connectivity index (χ1v) is 5.39. The van der Waals surface area contributed by atoms with Crippen LogP contribution in [0.25, 0.3) is 0 Å². The van der Waals surface area contributed by atoms with Crippen molar-refractivity contribution in [2.75, 3.05) is 5.32 Å². The zero-order chi connectivity index (χ0) is 12.3. The van der Waals surface area contributed by atoms with Crippen LogP contribution in [0.15, 0.2) is 30.6 Å². The van der Waals surface area contributed by atoms with Crippen molar-refractivity contribution in [3.8, 4) is 6.07 Å². The van der Waals surface area contributed by atoms with Gasteiger partial charge in [-0.2, -0.15) is 5.26 Å². The lowest BCUT2D eigenvalue weighted by Gasteiger charge is -2.07. The average molecular weight is 265 g/mol. The van der Waals surface area contributed by atoms with E-state index >= 15 is 0 Å². The highest BCUT2D eigenvalue weighted by molar-refractivity contribution is 6.31. The van der Waals surface area contributed by atoms with Gasteiger partial charge in [0.1, 0.15) is 11.2 Å². The van der Waals surface area contributed by atoms with E-state index in [1.165, 1.54) is 12.4 Å². The Labute approximate surface area is 108 Å². The second-order valence-corrected chi connectivity index (χ2v) is 3.98. The van der Waals surface area contributed by atoms with Crippen LogP contribution < -0.4 is 5.32 Å². The van der Waals surface area contributed by atoms with E-state index in [9.17, 15) is 0 Å². The molecule has 0 aliphatic carbocycles. The van der Waals surface area contributed by atoms with Crippen molar-refractivity contribution in [2.45, 2.75) is 0 Å². The number of anilines is 2. The van der Waals surface area contributed by atoms with Gasteiger partial charge in [0.25, 0.3) is 0 Å². The van der Waals surface area contributed by atoms with Crippen molar-refractivity contribution in [1.82, 2.24) is 9.97 Å². The summed E-state index contributed by atoms with van der Waals surface area (Å²) in [5.74, 6) is 0.455. The smallest absolute Gasteiger partial charge is 0.150 e. The van der Waals surface area contributed by atoms with Gasteiger partial charge in [-0.3, -0.25) is 4.98 Å². The summed E-state index contributed by atoms with van der Waals surface area (Å²) >= 11 is 11.6. The van der Waals surface area contributed by atoms with Crippen LogP contribution in [-0.2, 0) is 0 Å². The minimum atomic E-state index is 0.274. The molecule has 1 heterocycles. The van der Waals surface area contributed by atoms with Gasteiger partial charge in [-0.05, 0) is 18.2 Å². The number of hydrogen-bond acceptors (Lipinski definition) is 4. The molecule has 0 spiro atoms. The van der Waals surface area contributed by atoms with E-state index in [1.807, 2.05) is 0 Å². The van der Waals surface area contributed by atoms with Crippen molar-refractivity contribution in [1.29, 1.82) is 5.26 Å². The highest BCUT2D eigenvalue weighted by Crippen LogP contribution is 2.23. The van der Waals surface area contributed by atoms with E-state index in [0.29, 0.717) is 22.1 Å². The molecule has 0 atom stereocenters. The number of halogens is 2. The molecule has 2 aromatic rings. The van der Waals surface area contributed by atoms with Gasteiger partial charge in [0, 0.05) is 5.02 Å². The highest BCUT2D eigenvalue weighted by atomic mass is 35.5. The Hall–Kier alpha value is -1.83. The maximum atomic E-state index is 8.95. The van der Waals surface area contributed by atoms with Crippen LogP contribution in [-0.4, -0.2) is 9.97 Å². The lowest BCUT2D eigenvalue weighted by Crippen LogP contribution is -1.97. The Bertz CT molecular complexity index is 592. The van der Waals surface area contributed by atoms with E-state index in [0.717, 1.165) is 0 Å². The molecule has 17 heavy (non-hydrogen) atoms. The van der Waals surface area contributed by atoms with Crippen LogP contribution in [0.1, 0.15) is 5.56 Å². The topological polar surface area (TPSA) is 61.6 Å². The number of nitrogens with zero attached hydrogens (tertiary/aromatic N) is 3. The maximum Gasteiger partial charge on any atom is 0.150 e. The van der Waals surface area contributed by atoms with E-state index < -0.39 is 0 Å². The van der Waals surface area contributed by atoms with Gasteiger partial charge >= 0.3 is 0 Å². The molecule has 0 amide bonds. The number of nitrogens with one attached hydrogen (secondary N) is 1. The Morgan fingerprint density at radius 3 is 2.76 bits per heavy atom. The molecule has 2 rings (SSSR count). The third-order valence-electron chi connectivity index (χ3n) is 1.97. The summed E-state index contributed by atoms with van der Waals surface area (Å²) in [6, 6.07) is 6.97. The van der Waals surface area contributed by atoms with Gasteiger partial charge in [-0.15, -0.1) is 0 Å². The van der Waals surface area contributed by atoms with Crippen molar-refractivity contribution in [3.63, 3.8) is 0 Å². The maximum absolute atomic E-state index is 8.95. The van der Waals surface area contributed by atoms with Crippen LogP contribution in [0.2, 0.25) is 10.2 Å². The summed E-state index contributed by atoms with van der Waals surface area (Å²) < 4.78 is 0. The van der Waals surface area contributed by atoms with Crippen molar-refractivity contribution in [3.05, 3.63) is 46.3 Å². The molecule has 4 nitrogen and oxygen atoms in total. The largest absolute Gasteiger partial charge is 0.338 e. The zero-order valence-corrected chi connectivity index (χ0v) is 10.00. The van der Waals surface area contributed by atoms with Gasteiger partial charge in [0.05, 0.1) is 23.6 Å².